The summed E-state index contributed by atoms with van der Waals surface area (Å²) in [7, 11) is 0. The lowest BCUT2D eigenvalue weighted by Crippen LogP contribution is -2.55. The molecule has 0 saturated carbocycles. The number of nitrogens with one attached hydrogen (secondary N) is 4. The van der Waals surface area contributed by atoms with Crippen LogP contribution < -0.4 is 30.7 Å². The van der Waals surface area contributed by atoms with Crippen LogP contribution in [0.2, 0.25) is 0 Å². The molecule has 204 valence electrons. The highest BCUT2D eigenvalue weighted by molar-refractivity contribution is 6.38. The maximum atomic E-state index is 13.1. The van der Waals surface area contributed by atoms with Crippen molar-refractivity contribution in [2.45, 2.75) is 58.8 Å². The second kappa shape index (κ2) is 14.0. The molecule has 1 unspecified atom stereocenters. The van der Waals surface area contributed by atoms with E-state index in [-0.39, 0.29) is 18.9 Å². The van der Waals surface area contributed by atoms with Gasteiger partial charge in [0.25, 0.3) is 5.91 Å². The molecule has 0 aromatic heterocycles. The quantitative estimate of drug-likeness (QED) is 0.315. The summed E-state index contributed by atoms with van der Waals surface area (Å²) in [6, 6.07) is 12.3. The molecule has 1 heterocycles. The topological polar surface area (TPSA) is 135 Å². The largest absolute Gasteiger partial charge is 0.486 e. The van der Waals surface area contributed by atoms with E-state index in [9.17, 15) is 19.2 Å². The third-order valence-electron chi connectivity index (χ3n) is 5.98. The highest BCUT2D eigenvalue weighted by Gasteiger charge is 2.29. The number of para-hydroxylation sites is 1. The number of fused-ring (bicyclic) bond motifs is 1. The van der Waals surface area contributed by atoms with Crippen molar-refractivity contribution in [1.82, 2.24) is 21.3 Å². The van der Waals surface area contributed by atoms with Gasteiger partial charge in [-0.3, -0.25) is 14.4 Å². The van der Waals surface area contributed by atoms with Gasteiger partial charge in [0.1, 0.15) is 19.3 Å². The van der Waals surface area contributed by atoms with Crippen LogP contribution in [-0.2, 0) is 27.5 Å². The third-order valence-corrected chi connectivity index (χ3v) is 5.98. The van der Waals surface area contributed by atoms with Crippen molar-refractivity contribution in [3.63, 3.8) is 0 Å². The fourth-order valence-corrected chi connectivity index (χ4v) is 4.01. The van der Waals surface area contributed by atoms with E-state index in [1.807, 2.05) is 44.2 Å². The first-order valence-electron chi connectivity index (χ1n) is 12.9. The van der Waals surface area contributed by atoms with Gasteiger partial charge in [0, 0.05) is 18.7 Å². The molecule has 2 aromatic carbocycles. The van der Waals surface area contributed by atoms with Crippen LogP contribution in [0, 0.1) is 5.92 Å². The van der Waals surface area contributed by atoms with Crippen molar-refractivity contribution in [3.05, 3.63) is 59.7 Å². The minimum atomic E-state index is -1.03. The molecule has 0 saturated heterocycles. The lowest BCUT2D eigenvalue weighted by Gasteiger charge is -2.23. The molecule has 1 aliphatic rings. The number of hydrogen-bond acceptors (Lipinski definition) is 6. The fourth-order valence-electron chi connectivity index (χ4n) is 4.01. The SMILES string of the molecule is CCC(NC(=O)[C@H](CC(C)C)NC(=O)NCc1ccccc1)C(=O)C(=O)NCc1cccc2c1OCCO2. The van der Waals surface area contributed by atoms with Gasteiger partial charge < -0.3 is 30.7 Å². The van der Waals surface area contributed by atoms with Crippen LogP contribution in [0.3, 0.4) is 0 Å². The summed E-state index contributed by atoms with van der Waals surface area (Å²) in [5.74, 6) is -0.879. The number of carbonyl (C=O) groups is 4. The molecular formula is C28H36N4O6. The Morgan fingerprint density at radius 3 is 2.29 bits per heavy atom. The van der Waals surface area contributed by atoms with Crippen LogP contribution in [0.25, 0.3) is 0 Å². The number of ketones is 1. The Kier molecular flexibility index (Phi) is 10.5. The number of benzene rings is 2. The number of Topliss-reactive ketones (excluding diaryl/α,β-unsaturated/α-hetero) is 1. The molecule has 10 nitrogen and oxygen atoms in total. The smallest absolute Gasteiger partial charge is 0.315 e. The molecule has 0 bridgehead atoms. The monoisotopic (exact) mass is 524 g/mol. The van der Waals surface area contributed by atoms with Gasteiger partial charge in [0.05, 0.1) is 6.04 Å². The maximum Gasteiger partial charge on any atom is 0.315 e. The predicted molar refractivity (Wildman–Crippen MR) is 142 cm³/mol. The van der Waals surface area contributed by atoms with Gasteiger partial charge in [-0.2, -0.15) is 0 Å². The van der Waals surface area contributed by atoms with E-state index in [2.05, 4.69) is 21.3 Å². The Balaban J connectivity index is 1.56. The zero-order chi connectivity index (χ0) is 27.5. The molecule has 0 radical (unpaired) electrons. The van der Waals surface area contributed by atoms with Crippen LogP contribution >= 0.6 is 0 Å². The van der Waals surface area contributed by atoms with Crippen molar-refractivity contribution >= 4 is 23.6 Å². The number of carbonyl (C=O) groups excluding carboxylic acids is 4. The highest BCUT2D eigenvalue weighted by atomic mass is 16.6. The Labute approximate surface area is 222 Å². The Morgan fingerprint density at radius 2 is 1.58 bits per heavy atom. The Hall–Kier alpha value is -4.08. The minimum Gasteiger partial charge on any atom is -0.486 e. The zero-order valence-corrected chi connectivity index (χ0v) is 22.0. The molecule has 2 atom stereocenters. The van der Waals surface area contributed by atoms with Gasteiger partial charge in [-0.05, 0) is 30.4 Å². The number of ether oxygens (including phenoxy) is 2. The lowest BCUT2D eigenvalue weighted by molar-refractivity contribution is -0.140. The first kappa shape index (κ1) is 28.5. The normalized spacial score (nSPS) is 13.7. The maximum absolute atomic E-state index is 13.1. The van der Waals surface area contributed by atoms with Crippen molar-refractivity contribution in [1.29, 1.82) is 0 Å². The van der Waals surface area contributed by atoms with Gasteiger partial charge in [-0.25, -0.2) is 4.79 Å². The molecule has 0 aliphatic carbocycles. The molecule has 38 heavy (non-hydrogen) atoms. The van der Waals surface area contributed by atoms with E-state index in [1.165, 1.54) is 0 Å². The van der Waals surface area contributed by atoms with Crippen LogP contribution in [0.5, 0.6) is 11.5 Å². The van der Waals surface area contributed by atoms with Gasteiger partial charge in [-0.15, -0.1) is 0 Å². The Bertz CT molecular complexity index is 1120. The van der Waals surface area contributed by atoms with Gasteiger partial charge in [0.15, 0.2) is 11.5 Å². The average Bonchev–Trinajstić information content (AvgIpc) is 2.92. The first-order chi connectivity index (χ1) is 18.3. The number of rotatable bonds is 12. The van der Waals surface area contributed by atoms with Gasteiger partial charge in [0.2, 0.25) is 11.7 Å². The van der Waals surface area contributed by atoms with E-state index in [1.54, 1.807) is 25.1 Å². The summed E-state index contributed by atoms with van der Waals surface area (Å²) in [5, 5.41) is 10.7. The standard InChI is InChI=1S/C28H36N4O6/c1-4-21(24(33)27(35)29-17-20-11-8-12-23-25(20)38-14-13-37-23)31-26(34)22(15-18(2)3)32-28(36)30-16-19-9-6-5-7-10-19/h5-12,18,21-22H,4,13-17H2,1-3H3,(H,29,35)(H,31,34)(H2,30,32,36)/t21?,22-/m0/s1. The zero-order valence-electron chi connectivity index (χ0n) is 22.0. The predicted octanol–water partition coefficient (Wildman–Crippen LogP) is 2.45. The van der Waals surface area contributed by atoms with Crippen LogP contribution in [-0.4, -0.2) is 48.9 Å². The Morgan fingerprint density at radius 1 is 0.842 bits per heavy atom. The van der Waals surface area contributed by atoms with Crippen LogP contribution in [0.1, 0.15) is 44.7 Å². The molecular weight excluding hydrogens is 488 g/mol. The van der Waals surface area contributed by atoms with E-state index in [4.69, 9.17) is 9.47 Å². The molecule has 0 spiro atoms. The molecule has 4 amide bonds. The number of urea groups is 1. The van der Waals surface area contributed by atoms with Crippen LogP contribution in [0.4, 0.5) is 4.79 Å². The summed E-state index contributed by atoms with van der Waals surface area (Å²) in [4.78, 5) is 51.0. The molecule has 4 N–H and O–H groups in total. The summed E-state index contributed by atoms with van der Waals surface area (Å²) < 4.78 is 11.2. The van der Waals surface area contributed by atoms with Gasteiger partial charge in [-0.1, -0.05) is 63.2 Å². The molecule has 3 rings (SSSR count). The second-order valence-electron chi connectivity index (χ2n) is 9.45. The van der Waals surface area contributed by atoms with Crippen molar-refractivity contribution < 1.29 is 28.7 Å². The average molecular weight is 525 g/mol. The molecule has 2 aromatic rings. The molecule has 10 heteroatoms. The summed E-state index contributed by atoms with van der Waals surface area (Å²) in [6.45, 7) is 6.78. The number of hydrogen-bond donors (Lipinski definition) is 4. The van der Waals surface area contributed by atoms with E-state index in [0.717, 1.165) is 5.56 Å². The summed E-state index contributed by atoms with van der Waals surface area (Å²) >= 11 is 0. The van der Waals surface area contributed by atoms with Crippen molar-refractivity contribution in [2.24, 2.45) is 5.92 Å². The van der Waals surface area contributed by atoms with Crippen molar-refractivity contribution in [3.8, 4) is 11.5 Å². The second-order valence-corrected chi connectivity index (χ2v) is 9.45. The lowest BCUT2D eigenvalue weighted by atomic mass is 10.0. The van der Waals surface area contributed by atoms with Crippen molar-refractivity contribution in [2.75, 3.05) is 13.2 Å². The minimum absolute atomic E-state index is 0.0700. The molecule has 1 aliphatic heterocycles. The van der Waals surface area contributed by atoms with E-state index < -0.39 is 35.7 Å². The van der Waals surface area contributed by atoms with Gasteiger partial charge >= 0.3 is 6.03 Å². The number of amides is 4. The summed E-state index contributed by atoms with van der Waals surface area (Å²) in [5.41, 5.74) is 1.61. The van der Waals surface area contributed by atoms with E-state index in [0.29, 0.717) is 43.2 Å². The van der Waals surface area contributed by atoms with Crippen LogP contribution in [0.15, 0.2) is 48.5 Å². The molecule has 0 fully saturated rings. The highest BCUT2D eigenvalue weighted by Crippen LogP contribution is 2.33. The van der Waals surface area contributed by atoms with E-state index >= 15 is 0 Å². The first-order valence-corrected chi connectivity index (χ1v) is 12.9. The third kappa shape index (κ3) is 8.22. The summed E-state index contributed by atoms with van der Waals surface area (Å²) in [6.07, 6.45) is 0.576. The fraction of sp³-hybridized carbons (Fsp3) is 0.429.